The third-order valence-electron chi connectivity index (χ3n) is 2.55. The van der Waals surface area contributed by atoms with Gasteiger partial charge in [0.2, 0.25) is 0 Å². The minimum atomic E-state index is -1.33. The maximum atomic E-state index is 13.6. The summed E-state index contributed by atoms with van der Waals surface area (Å²) in [7, 11) is 0. The molecule has 0 aliphatic heterocycles. The molecule has 0 nitrogen and oxygen atoms in total. The number of rotatable bonds is 2. The predicted molar refractivity (Wildman–Crippen MR) is 65.4 cm³/mol. The molecule has 0 saturated carbocycles. The van der Waals surface area contributed by atoms with Gasteiger partial charge in [0, 0.05) is 22.2 Å². The van der Waals surface area contributed by atoms with E-state index < -0.39 is 28.6 Å². The van der Waals surface area contributed by atoms with Gasteiger partial charge in [0.05, 0.1) is 5.38 Å². The van der Waals surface area contributed by atoms with Gasteiger partial charge in [0.25, 0.3) is 0 Å². The third kappa shape index (κ3) is 2.85. The summed E-state index contributed by atoms with van der Waals surface area (Å²) in [6.45, 7) is 0. The zero-order valence-electron chi connectivity index (χ0n) is 9.23. The summed E-state index contributed by atoms with van der Waals surface area (Å²) in [6, 6.07) is 4.61. The zero-order valence-corrected chi connectivity index (χ0v) is 10.7. The summed E-state index contributed by atoms with van der Waals surface area (Å²) in [5.41, 5.74) is -0.419. The van der Waals surface area contributed by atoms with Gasteiger partial charge in [-0.15, -0.1) is 11.6 Å². The molecule has 0 aliphatic rings. The lowest BCUT2D eigenvalue weighted by molar-refractivity contribution is 0.490. The predicted octanol–water partition coefficient (Wildman–Crippen LogP) is 5.22. The van der Waals surface area contributed by atoms with Crippen molar-refractivity contribution in [1.82, 2.24) is 0 Å². The first-order valence-electron chi connectivity index (χ1n) is 5.13. The highest BCUT2D eigenvalue weighted by Crippen LogP contribution is 2.34. The van der Waals surface area contributed by atoms with Crippen LogP contribution in [0.4, 0.5) is 17.6 Å². The van der Waals surface area contributed by atoms with Crippen molar-refractivity contribution in [2.75, 3.05) is 0 Å². The van der Waals surface area contributed by atoms with Crippen LogP contribution in [0.3, 0.4) is 0 Å². The number of hydrogen-bond donors (Lipinski definition) is 0. The lowest BCUT2D eigenvalue weighted by Crippen LogP contribution is -2.02. The van der Waals surface area contributed by atoms with Crippen LogP contribution in [-0.4, -0.2) is 0 Å². The lowest BCUT2D eigenvalue weighted by atomic mass is 10.0. The first kappa shape index (κ1) is 14.2. The Morgan fingerprint density at radius 1 is 0.737 bits per heavy atom. The fourth-order valence-corrected chi connectivity index (χ4v) is 2.11. The van der Waals surface area contributed by atoms with Gasteiger partial charge in [-0.3, -0.25) is 0 Å². The van der Waals surface area contributed by atoms with Gasteiger partial charge in [-0.1, -0.05) is 17.7 Å². The minimum absolute atomic E-state index is 0.0732. The van der Waals surface area contributed by atoms with E-state index in [2.05, 4.69) is 0 Å². The molecule has 0 fully saturated rings. The molecule has 0 N–H and O–H groups in total. The molecule has 2 aromatic carbocycles. The lowest BCUT2D eigenvalue weighted by Gasteiger charge is -2.13. The smallest absolute Gasteiger partial charge is 0.161 e. The fourth-order valence-electron chi connectivity index (χ4n) is 1.61. The van der Waals surface area contributed by atoms with Crippen molar-refractivity contribution < 1.29 is 17.6 Å². The molecule has 100 valence electrons. The number of hydrogen-bond acceptors (Lipinski definition) is 0. The zero-order chi connectivity index (χ0) is 14.2. The number of alkyl halides is 1. The highest BCUT2D eigenvalue weighted by atomic mass is 35.5. The Labute approximate surface area is 116 Å². The SMILES string of the molecule is Fc1cc(F)c(C(Cl)c2ccc(Cl)cc2F)cc1F. The average molecular weight is 309 g/mol. The average Bonchev–Trinajstić information content (AvgIpc) is 2.33. The second kappa shape index (κ2) is 5.39. The van der Waals surface area contributed by atoms with E-state index in [9.17, 15) is 17.6 Å². The van der Waals surface area contributed by atoms with E-state index in [1.54, 1.807) is 0 Å². The first-order chi connectivity index (χ1) is 8.90. The minimum Gasteiger partial charge on any atom is -0.207 e. The standard InChI is InChI=1S/C13H6Cl2F4/c14-6-1-2-7(9(16)3-6)13(15)8-4-11(18)12(19)5-10(8)17/h1-5,13H. The van der Waals surface area contributed by atoms with E-state index in [4.69, 9.17) is 23.2 Å². The molecule has 0 radical (unpaired) electrons. The van der Waals surface area contributed by atoms with E-state index in [1.807, 2.05) is 0 Å². The molecular weight excluding hydrogens is 303 g/mol. The molecule has 0 aliphatic carbocycles. The fraction of sp³-hybridized carbons (Fsp3) is 0.0769. The van der Waals surface area contributed by atoms with Crippen LogP contribution in [0.1, 0.15) is 16.5 Å². The molecule has 0 aromatic heterocycles. The molecule has 0 amide bonds. The van der Waals surface area contributed by atoms with E-state index in [-0.39, 0.29) is 16.1 Å². The molecule has 0 heterocycles. The molecule has 0 bridgehead atoms. The Balaban J connectivity index is 2.49. The van der Waals surface area contributed by atoms with Crippen molar-refractivity contribution in [3.8, 4) is 0 Å². The van der Waals surface area contributed by atoms with E-state index in [0.29, 0.717) is 12.1 Å². The first-order valence-corrected chi connectivity index (χ1v) is 5.95. The molecule has 2 aromatic rings. The van der Waals surface area contributed by atoms with Crippen LogP contribution >= 0.6 is 23.2 Å². The number of benzene rings is 2. The quantitative estimate of drug-likeness (QED) is 0.405. The Hall–Kier alpha value is -1.26. The molecule has 0 spiro atoms. The molecule has 1 atom stereocenters. The second-order valence-corrected chi connectivity index (χ2v) is 4.69. The maximum Gasteiger partial charge on any atom is 0.161 e. The van der Waals surface area contributed by atoms with Gasteiger partial charge in [0.1, 0.15) is 11.6 Å². The summed E-state index contributed by atoms with van der Waals surface area (Å²) in [5.74, 6) is -4.39. The Morgan fingerprint density at radius 2 is 1.32 bits per heavy atom. The Bertz CT molecular complexity index is 628. The van der Waals surface area contributed by atoms with Crippen LogP contribution < -0.4 is 0 Å². The van der Waals surface area contributed by atoms with Gasteiger partial charge in [0.15, 0.2) is 11.6 Å². The summed E-state index contributed by atoms with van der Waals surface area (Å²) in [4.78, 5) is 0. The molecule has 2 rings (SSSR count). The molecule has 6 heteroatoms. The normalized spacial score (nSPS) is 12.5. The van der Waals surface area contributed by atoms with Crippen molar-refractivity contribution in [1.29, 1.82) is 0 Å². The van der Waals surface area contributed by atoms with Crippen LogP contribution in [0, 0.1) is 23.3 Å². The van der Waals surface area contributed by atoms with Crippen LogP contribution in [0.25, 0.3) is 0 Å². The highest BCUT2D eigenvalue weighted by Gasteiger charge is 2.21. The van der Waals surface area contributed by atoms with Crippen molar-refractivity contribution in [2.45, 2.75) is 5.38 Å². The van der Waals surface area contributed by atoms with Crippen molar-refractivity contribution >= 4 is 23.2 Å². The molecule has 1 unspecified atom stereocenters. The van der Waals surface area contributed by atoms with Gasteiger partial charge in [-0.05, 0) is 18.2 Å². The van der Waals surface area contributed by atoms with Crippen molar-refractivity contribution in [3.63, 3.8) is 0 Å². The highest BCUT2D eigenvalue weighted by molar-refractivity contribution is 6.30. The third-order valence-corrected chi connectivity index (χ3v) is 3.25. The van der Waals surface area contributed by atoms with Gasteiger partial charge < -0.3 is 0 Å². The summed E-state index contributed by atoms with van der Waals surface area (Å²) >= 11 is 11.5. The van der Waals surface area contributed by atoms with Crippen LogP contribution in [0.15, 0.2) is 30.3 Å². The molecule has 19 heavy (non-hydrogen) atoms. The largest absolute Gasteiger partial charge is 0.207 e. The van der Waals surface area contributed by atoms with E-state index in [1.165, 1.54) is 12.1 Å². The summed E-state index contributed by atoms with van der Waals surface area (Å²) < 4.78 is 53.1. The summed E-state index contributed by atoms with van der Waals surface area (Å²) in [5, 5.41) is -1.14. The van der Waals surface area contributed by atoms with Crippen LogP contribution in [0.5, 0.6) is 0 Å². The van der Waals surface area contributed by atoms with Crippen LogP contribution in [0.2, 0.25) is 5.02 Å². The number of halogens is 6. The maximum absolute atomic E-state index is 13.6. The molecular formula is C13H6Cl2F4. The molecule has 0 saturated heterocycles. The van der Waals surface area contributed by atoms with Crippen molar-refractivity contribution in [2.24, 2.45) is 0 Å². The van der Waals surface area contributed by atoms with Crippen LogP contribution in [-0.2, 0) is 0 Å². The van der Waals surface area contributed by atoms with E-state index >= 15 is 0 Å². The van der Waals surface area contributed by atoms with Gasteiger partial charge in [-0.25, -0.2) is 17.6 Å². The van der Waals surface area contributed by atoms with Crippen molar-refractivity contribution in [3.05, 3.63) is 69.8 Å². The van der Waals surface area contributed by atoms with Gasteiger partial charge in [-0.2, -0.15) is 0 Å². The Morgan fingerprint density at radius 3 is 1.95 bits per heavy atom. The van der Waals surface area contributed by atoms with Gasteiger partial charge >= 0.3 is 0 Å². The van der Waals surface area contributed by atoms with E-state index in [0.717, 1.165) is 6.07 Å². The monoisotopic (exact) mass is 308 g/mol. The summed E-state index contributed by atoms with van der Waals surface area (Å²) in [6.07, 6.45) is 0. The Kier molecular flexibility index (Phi) is 4.02. The second-order valence-electron chi connectivity index (χ2n) is 3.82. The topological polar surface area (TPSA) is 0 Å².